The Kier molecular flexibility index (Phi) is 7.17. The minimum Gasteiger partial charge on any atom is -0.343 e. The second kappa shape index (κ2) is 7.84. The van der Waals surface area contributed by atoms with E-state index >= 15 is 0 Å². The fourth-order valence-electron chi connectivity index (χ4n) is 1.24. The minimum absolute atomic E-state index is 0. The third-order valence-corrected chi connectivity index (χ3v) is 2.28. The first-order valence-corrected chi connectivity index (χ1v) is 5.70. The van der Waals surface area contributed by atoms with Crippen molar-refractivity contribution < 1.29 is 22.8 Å². The molecule has 5 nitrogen and oxygen atoms in total. The van der Waals surface area contributed by atoms with Crippen molar-refractivity contribution in [1.82, 2.24) is 5.32 Å². The van der Waals surface area contributed by atoms with Gasteiger partial charge in [0.2, 0.25) is 5.91 Å². The molecule has 0 bridgehead atoms. The van der Waals surface area contributed by atoms with Gasteiger partial charge >= 0.3 is 6.18 Å². The van der Waals surface area contributed by atoms with Crippen LogP contribution in [0.15, 0.2) is 24.3 Å². The summed E-state index contributed by atoms with van der Waals surface area (Å²) in [6.07, 6.45) is -4.46. The first-order valence-electron chi connectivity index (χ1n) is 5.70. The van der Waals surface area contributed by atoms with Gasteiger partial charge in [-0.3, -0.25) is 9.59 Å². The van der Waals surface area contributed by atoms with Gasteiger partial charge in [0.15, 0.2) is 0 Å². The average molecular weight is 326 g/mol. The van der Waals surface area contributed by atoms with E-state index in [2.05, 4.69) is 5.32 Å². The Labute approximate surface area is 125 Å². The number of nitrogens with two attached hydrogens (primary N) is 1. The smallest absolute Gasteiger partial charge is 0.343 e. The van der Waals surface area contributed by atoms with Crippen molar-refractivity contribution in [2.24, 2.45) is 5.73 Å². The van der Waals surface area contributed by atoms with Gasteiger partial charge in [0.05, 0.1) is 6.04 Å². The van der Waals surface area contributed by atoms with Crippen molar-refractivity contribution in [3.05, 3.63) is 29.8 Å². The summed E-state index contributed by atoms with van der Waals surface area (Å²) in [4.78, 5) is 22.7. The lowest BCUT2D eigenvalue weighted by molar-refractivity contribution is -0.123. The third-order valence-electron chi connectivity index (χ3n) is 2.28. The van der Waals surface area contributed by atoms with Crippen LogP contribution in [0, 0.1) is 0 Å². The van der Waals surface area contributed by atoms with Crippen molar-refractivity contribution in [1.29, 1.82) is 0 Å². The summed E-state index contributed by atoms with van der Waals surface area (Å²) < 4.78 is 35.8. The van der Waals surface area contributed by atoms with Gasteiger partial charge in [-0.25, -0.2) is 0 Å². The maximum atomic E-state index is 11.9. The molecule has 21 heavy (non-hydrogen) atoms. The standard InChI is InChI=1S/C12H14F3N3O2.ClH/c1-7(16)10(19)18-9-4-2-8(3-5-9)11(20)17-6-12(13,14)15;/h2-5,7H,6,16H2,1H3,(H,17,20)(H,18,19);1H/t7-;/m0./s1. The summed E-state index contributed by atoms with van der Waals surface area (Å²) in [5, 5.41) is 4.23. The van der Waals surface area contributed by atoms with Gasteiger partial charge in [0, 0.05) is 11.3 Å². The van der Waals surface area contributed by atoms with Gasteiger partial charge in [0.25, 0.3) is 5.91 Å². The molecule has 0 unspecified atom stereocenters. The molecule has 0 heterocycles. The van der Waals surface area contributed by atoms with Crippen LogP contribution >= 0.6 is 12.4 Å². The highest BCUT2D eigenvalue weighted by Crippen LogP contribution is 2.13. The molecule has 118 valence electrons. The number of alkyl halides is 3. The van der Waals surface area contributed by atoms with E-state index in [1.807, 2.05) is 0 Å². The molecule has 0 aromatic heterocycles. The average Bonchev–Trinajstić information content (AvgIpc) is 2.35. The molecule has 1 atom stereocenters. The van der Waals surface area contributed by atoms with E-state index in [9.17, 15) is 22.8 Å². The molecular weight excluding hydrogens is 311 g/mol. The summed E-state index contributed by atoms with van der Waals surface area (Å²) in [7, 11) is 0. The lowest BCUT2D eigenvalue weighted by Crippen LogP contribution is -2.33. The molecule has 0 saturated carbocycles. The quantitative estimate of drug-likeness (QED) is 0.787. The molecule has 1 aromatic carbocycles. The number of hydrogen-bond donors (Lipinski definition) is 3. The van der Waals surface area contributed by atoms with Crippen LogP contribution < -0.4 is 16.4 Å². The molecule has 2 amide bonds. The number of carbonyl (C=O) groups excluding carboxylic acids is 2. The second-order valence-electron chi connectivity index (χ2n) is 4.15. The summed E-state index contributed by atoms with van der Waals surface area (Å²) in [5.74, 6) is -1.24. The van der Waals surface area contributed by atoms with E-state index in [1.165, 1.54) is 31.2 Å². The summed E-state index contributed by atoms with van der Waals surface area (Å²) >= 11 is 0. The monoisotopic (exact) mass is 325 g/mol. The van der Waals surface area contributed by atoms with E-state index in [-0.39, 0.29) is 18.0 Å². The van der Waals surface area contributed by atoms with E-state index in [1.54, 1.807) is 5.32 Å². The number of anilines is 1. The highest BCUT2D eigenvalue weighted by Gasteiger charge is 2.27. The second-order valence-corrected chi connectivity index (χ2v) is 4.15. The Balaban J connectivity index is 0.00000400. The molecule has 1 rings (SSSR count). The first kappa shape index (κ1) is 19.2. The van der Waals surface area contributed by atoms with Crippen molar-refractivity contribution in [3.8, 4) is 0 Å². The van der Waals surface area contributed by atoms with Crippen LogP contribution in [0.3, 0.4) is 0 Å². The van der Waals surface area contributed by atoms with Crippen molar-refractivity contribution in [3.63, 3.8) is 0 Å². The van der Waals surface area contributed by atoms with Crippen LogP contribution in [-0.2, 0) is 4.79 Å². The Hall–Kier alpha value is -1.80. The number of halogens is 4. The molecule has 0 aliphatic heterocycles. The number of nitrogens with one attached hydrogen (secondary N) is 2. The first-order chi connectivity index (χ1) is 9.19. The zero-order chi connectivity index (χ0) is 15.3. The molecule has 0 aliphatic carbocycles. The van der Waals surface area contributed by atoms with Gasteiger partial charge in [-0.1, -0.05) is 0 Å². The van der Waals surface area contributed by atoms with Gasteiger partial charge in [-0.2, -0.15) is 13.2 Å². The van der Waals surface area contributed by atoms with Crippen molar-refractivity contribution >= 4 is 29.9 Å². The Morgan fingerprint density at radius 1 is 1.24 bits per heavy atom. The largest absolute Gasteiger partial charge is 0.405 e. The molecule has 0 aliphatic rings. The third kappa shape index (κ3) is 6.96. The lowest BCUT2D eigenvalue weighted by Gasteiger charge is -2.10. The van der Waals surface area contributed by atoms with E-state index in [4.69, 9.17) is 5.73 Å². The number of rotatable bonds is 4. The number of amides is 2. The summed E-state index contributed by atoms with van der Waals surface area (Å²) in [6, 6.07) is 4.74. The Morgan fingerprint density at radius 3 is 2.19 bits per heavy atom. The maximum absolute atomic E-state index is 11.9. The SMILES string of the molecule is C[C@H](N)C(=O)Nc1ccc(C(=O)NCC(F)(F)F)cc1.Cl. The van der Waals surface area contributed by atoms with Gasteiger partial charge < -0.3 is 16.4 Å². The van der Waals surface area contributed by atoms with Crippen LogP contribution in [0.25, 0.3) is 0 Å². The van der Waals surface area contributed by atoms with E-state index in [0.29, 0.717) is 5.69 Å². The van der Waals surface area contributed by atoms with E-state index < -0.39 is 30.6 Å². The normalized spacial score (nSPS) is 12.0. The number of carbonyl (C=O) groups is 2. The molecular formula is C12H15ClF3N3O2. The molecule has 0 saturated heterocycles. The van der Waals surface area contributed by atoms with Gasteiger partial charge in [0.1, 0.15) is 6.54 Å². The summed E-state index contributed by atoms with van der Waals surface area (Å²) in [5.41, 5.74) is 5.82. The van der Waals surface area contributed by atoms with Crippen molar-refractivity contribution in [2.75, 3.05) is 11.9 Å². The maximum Gasteiger partial charge on any atom is 0.405 e. The fourth-order valence-corrected chi connectivity index (χ4v) is 1.24. The Morgan fingerprint density at radius 2 is 1.76 bits per heavy atom. The molecule has 9 heteroatoms. The van der Waals surface area contributed by atoms with Crippen LogP contribution in [0.4, 0.5) is 18.9 Å². The number of hydrogen-bond acceptors (Lipinski definition) is 3. The predicted molar refractivity (Wildman–Crippen MR) is 74.4 cm³/mol. The van der Waals surface area contributed by atoms with Gasteiger partial charge in [-0.15, -0.1) is 12.4 Å². The molecule has 0 spiro atoms. The zero-order valence-electron chi connectivity index (χ0n) is 11.0. The molecule has 4 N–H and O–H groups in total. The molecule has 0 fully saturated rings. The number of benzene rings is 1. The Bertz CT molecular complexity index is 490. The molecule has 1 aromatic rings. The summed E-state index contributed by atoms with van der Waals surface area (Å²) in [6.45, 7) is 0.114. The van der Waals surface area contributed by atoms with Crippen LogP contribution in [0.5, 0.6) is 0 Å². The highest BCUT2D eigenvalue weighted by molar-refractivity contribution is 5.96. The zero-order valence-corrected chi connectivity index (χ0v) is 11.8. The van der Waals surface area contributed by atoms with Crippen LogP contribution in [0.1, 0.15) is 17.3 Å². The lowest BCUT2D eigenvalue weighted by atomic mass is 10.2. The molecule has 0 radical (unpaired) electrons. The minimum atomic E-state index is -4.46. The van der Waals surface area contributed by atoms with Crippen LogP contribution in [0.2, 0.25) is 0 Å². The van der Waals surface area contributed by atoms with Crippen molar-refractivity contribution in [2.45, 2.75) is 19.1 Å². The van der Waals surface area contributed by atoms with Gasteiger partial charge in [-0.05, 0) is 31.2 Å². The fraction of sp³-hybridized carbons (Fsp3) is 0.333. The highest BCUT2D eigenvalue weighted by atomic mass is 35.5. The van der Waals surface area contributed by atoms with E-state index in [0.717, 1.165) is 0 Å². The predicted octanol–water partition coefficient (Wildman–Crippen LogP) is 1.69. The topological polar surface area (TPSA) is 84.2 Å². The van der Waals surface area contributed by atoms with Crippen LogP contribution in [-0.4, -0.2) is 30.6 Å².